The Bertz CT molecular complexity index is 1740. The van der Waals surface area contributed by atoms with Crippen molar-refractivity contribution in [2.45, 2.75) is 40.3 Å². The Balaban J connectivity index is 1.87. The average Bonchev–Trinajstić information content (AvgIpc) is 3.21. The number of aromatic nitrogens is 1. The second-order valence-corrected chi connectivity index (χ2v) is 14.9. The van der Waals surface area contributed by atoms with Crippen molar-refractivity contribution in [3.63, 3.8) is 0 Å². The van der Waals surface area contributed by atoms with Gasteiger partial charge in [-0.25, -0.2) is 4.57 Å². The van der Waals surface area contributed by atoms with Gasteiger partial charge in [-0.05, 0) is 48.9 Å². The molecular formula is C30H32NOSi+. The molecule has 0 atom stereocenters. The van der Waals surface area contributed by atoms with Crippen molar-refractivity contribution >= 4 is 35.2 Å². The number of benzene rings is 3. The van der Waals surface area contributed by atoms with Crippen molar-refractivity contribution in [3.05, 3.63) is 83.6 Å². The van der Waals surface area contributed by atoms with Gasteiger partial charge in [-0.3, -0.25) is 0 Å². The van der Waals surface area contributed by atoms with E-state index in [1.165, 1.54) is 0 Å². The van der Waals surface area contributed by atoms with Gasteiger partial charge in [0.1, 0.15) is 18.2 Å². The van der Waals surface area contributed by atoms with Gasteiger partial charge in [0.2, 0.25) is 5.69 Å². The van der Waals surface area contributed by atoms with Gasteiger partial charge >= 0.3 is 0 Å². The number of furan rings is 1. The van der Waals surface area contributed by atoms with Crippen LogP contribution in [0.3, 0.4) is 0 Å². The zero-order valence-corrected chi connectivity index (χ0v) is 20.7. The molecule has 0 unspecified atom stereocenters. The van der Waals surface area contributed by atoms with Crippen LogP contribution in [0, 0.1) is 20.6 Å². The number of aryl methyl sites for hydroxylation is 4. The van der Waals surface area contributed by atoms with Gasteiger partial charge in [0.05, 0.1) is 13.6 Å². The molecule has 5 aromatic rings. The smallest absolute Gasteiger partial charge is 0.216 e. The van der Waals surface area contributed by atoms with Crippen LogP contribution in [0.25, 0.3) is 44.3 Å². The lowest BCUT2D eigenvalue weighted by atomic mass is 9.94. The molecular weight excluding hydrogens is 418 g/mol. The van der Waals surface area contributed by atoms with E-state index in [-0.39, 0.29) is 11.1 Å². The van der Waals surface area contributed by atoms with Crippen molar-refractivity contribution in [2.75, 3.05) is 0 Å². The fraction of sp³-hybridized carbons (Fsp3) is 0.233. The lowest BCUT2D eigenvalue weighted by Crippen LogP contribution is -2.37. The maximum absolute atomic E-state index is 8.34. The van der Waals surface area contributed by atoms with E-state index in [1.54, 1.807) is 22.9 Å². The van der Waals surface area contributed by atoms with Gasteiger partial charge in [0.15, 0.2) is 6.20 Å². The normalized spacial score (nSPS) is 15.5. The summed E-state index contributed by atoms with van der Waals surface area (Å²) in [5.74, 6) is 0. The van der Waals surface area contributed by atoms with Crippen LogP contribution in [-0.4, -0.2) is 8.07 Å². The van der Waals surface area contributed by atoms with Crippen LogP contribution in [0.1, 0.15) is 24.9 Å². The predicted octanol–water partition coefficient (Wildman–Crippen LogP) is 7.21. The minimum Gasteiger partial charge on any atom is -0.455 e. The van der Waals surface area contributed by atoms with E-state index in [1.807, 2.05) is 62.5 Å². The summed E-state index contributed by atoms with van der Waals surface area (Å²) in [6.07, 6.45) is 1.61. The summed E-state index contributed by atoms with van der Waals surface area (Å²) in [6.45, 7) is 3.62. The number of para-hydroxylation sites is 1. The summed E-state index contributed by atoms with van der Waals surface area (Å²) in [5.41, 5.74) is 5.13. The van der Waals surface area contributed by atoms with Gasteiger partial charge in [0.25, 0.3) is 0 Å². The number of hydrogen-bond donors (Lipinski definition) is 0. The highest BCUT2D eigenvalue weighted by molar-refractivity contribution is 6.88. The predicted molar refractivity (Wildman–Crippen MR) is 143 cm³/mol. The zero-order chi connectivity index (χ0) is 28.5. The third-order valence-electron chi connectivity index (χ3n) is 6.46. The maximum Gasteiger partial charge on any atom is 0.216 e. The molecule has 0 saturated heterocycles. The Labute approximate surface area is 205 Å². The van der Waals surface area contributed by atoms with Gasteiger partial charge in [-0.1, -0.05) is 73.4 Å². The van der Waals surface area contributed by atoms with Crippen molar-refractivity contribution < 1.29 is 17.2 Å². The van der Waals surface area contributed by atoms with Gasteiger partial charge in [-0.15, -0.1) is 0 Å². The molecule has 33 heavy (non-hydrogen) atoms. The molecule has 166 valence electrons. The lowest BCUT2D eigenvalue weighted by Gasteiger charge is -2.19. The topological polar surface area (TPSA) is 17.0 Å². The standard InChI is InChI=1S/C30H32NOSi/c1-19-12-14-25-24-10-8-9-11-28(24)32-30(25)29(19)27-17-26(21(3)18-31(27)4)23-15-13-22(16-20(23)2)33(5,6)7/h8-18H,1-7H3/q+1/i2D3,3D3. The monoisotopic (exact) mass is 456 g/mol. The van der Waals surface area contributed by atoms with E-state index < -0.39 is 21.8 Å². The maximum atomic E-state index is 8.34. The average molecular weight is 457 g/mol. The molecule has 2 heterocycles. The Hall–Kier alpha value is -3.17. The highest BCUT2D eigenvalue weighted by Gasteiger charge is 2.23. The van der Waals surface area contributed by atoms with Crippen molar-refractivity contribution in [2.24, 2.45) is 7.05 Å². The van der Waals surface area contributed by atoms with Crippen molar-refractivity contribution in [3.8, 4) is 22.4 Å². The molecule has 0 spiro atoms. The second-order valence-electron chi connectivity index (χ2n) is 9.84. The summed E-state index contributed by atoms with van der Waals surface area (Å²) < 4.78 is 58.1. The Morgan fingerprint density at radius 3 is 2.36 bits per heavy atom. The molecule has 0 saturated carbocycles. The molecule has 0 amide bonds. The minimum atomic E-state index is -2.45. The molecule has 0 N–H and O–H groups in total. The van der Waals surface area contributed by atoms with Crippen molar-refractivity contribution in [1.82, 2.24) is 0 Å². The van der Waals surface area contributed by atoms with Crippen LogP contribution >= 0.6 is 0 Å². The van der Waals surface area contributed by atoms with Crippen LogP contribution in [-0.2, 0) is 7.05 Å². The quantitative estimate of drug-likeness (QED) is 0.207. The SMILES string of the molecule is [2H]C([2H])([2H])c1cc([Si](C)(C)C)ccc1-c1cc(-c2c(C)ccc3c2oc2ccccc23)[n+](C)cc1C([2H])([2H])[2H]. The van der Waals surface area contributed by atoms with Crippen LogP contribution < -0.4 is 9.75 Å². The summed E-state index contributed by atoms with van der Waals surface area (Å²) in [6, 6.07) is 19.3. The van der Waals surface area contributed by atoms with E-state index in [9.17, 15) is 0 Å². The fourth-order valence-corrected chi connectivity index (χ4v) is 5.73. The minimum absolute atomic E-state index is 0.106. The molecule has 0 aliphatic rings. The van der Waals surface area contributed by atoms with Crippen LogP contribution in [0.2, 0.25) is 19.6 Å². The number of rotatable bonds is 3. The van der Waals surface area contributed by atoms with E-state index in [0.29, 0.717) is 16.7 Å². The molecule has 3 heteroatoms. The third kappa shape index (κ3) is 3.61. The first-order valence-corrected chi connectivity index (χ1v) is 14.7. The van der Waals surface area contributed by atoms with Crippen LogP contribution in [0.15, 0.2) is 71.3 Å². The van der Waals surface area contributed by atoms with Gasteiger partial charge in [0, 0.05) is 30.6 Å². The number of nitrogens with zero attached hydrogens (tertiary/aromatic N) is 1. The second kappa shape index (κ2) is 7.70. The first-order chi connectivity index (χ1) is 18.1. The lowest BCUT2D eigenvalue weighted by molar-refractivity contribution is -0.660. The van der Waals surface area contributed by atoms with E-state index in [2.05, 4.69) is 19.6 Å². The van der Waals surface area contributed by atoms with Gasteiger partial charge in [-0.2, -0.15) is 0 Å². The fourth-order valence-electron chi connectivity index (χ4n) is 4.57. The molecule has 0 bridgehead atoms. The first kappa shape index (κ1) is 15.6. The molecule has 5 rings (SSSR count). The molecule has 2 aromatic heterocycles. The molecule has 0 radical (unpaired) electrons. The van der Waals surface area contributed by atoms with Crippen molar-refractivity contribution in [1.29, 1.82) is 0 Å². The third-order valence-corrected chi connectivity index (χ3v) is 8.50. The molecule has 0 aliphatic heterocycles. The summed E-state index contributed by atoms with van der Waals surface area (Å²) in [4.78, 5) is 0. The van der Waals surface area contributed by atoms with E-state index in [0.717, 1.165) is 38.4 Å². The summed E-state index contributed by atoms with van der Waals surface area (Å²) >= 11 is 0. The summed E-state index contributed by atoms with van der Waals surface area (Å²) in [5, 5.41) is 2.98. The zero-order valence-electron chi connectivity index (χ0n) is 25.7. The van der Waals surface area contributed by atoms with E-state index >= 15 is 0 Å². The highest BCUT2D eigenvalue weighted by atomic mass is 28.3. The Morgan fingerprint density at radius 1 is 0.818 bits per heavy atom. The molecule has 2 nitrogen and oxygen atoms in total. The number of hydrogen-bond acceptors (Lipinski definition) is 1. The molecule has 0 fully saturated rings. The Kier molecular flexibility index (Phi) is 3.65. The molecule has 0 aliphatic carbocycles. The first-order valence-electron chi connectivity index (χ1n) is 14.2. The highest BCUT2D eigenvalue weighted by Crippen LogP contribution is 2.38. The molecule has 3 aromatic carbocycles. The Morgan fingerprint density at radius 2 is 1.61 bits per heavy atom. The number of fused-ring (bicyclic) bond motifs is 3. The summed E-state index contributed by atoms with van der Waals surface area (Å²) in [7, 11) is -0.00842. The van der Waals surface area contributed by atoms with Crippen LogP contribution in [0.4, 0.5) is 0 Å². The van der Waals surface area contributed by atoms with Crippen LogP contribution in [0.5, 0.6) is 0 Å². The number of pyridine rings is 1. The van der Waals surface area contributed by atoms with Gasteiger partial charge < -0.3 is 4.42 Å². The largest absolute Gasteiger partial charge is 0.455 e. The van der Waals surface area contributed by atoms with E-state index in [4.69, 9.17) is 12.6 Å².